The molecule has 3 N–H and O–H groups in total. The number of rotatable bonds is 13. The van der Waals surface area contributed by atoms with Gasteiger partial charge in [-0.2, -0.15) is 0 Å². The van der Waals surface area contributed by atoms with E-state index in [-0.39, 0.29) is 28.3 Å². The first kappa shape index (κ1) is 52.5. The number of nitro groups is 1. The molecule has 1 aliphatic carbocycles. The van der Waals surface area contributed by atoms with Gasteiger partial charge in [0.05, 0.1) is 21.6 Å². The van der Waals surface area contributed by atoms with Crippen LogP contribution in [-0.2, 0) is 14.8 Å². The number of nitro benzene ring substituents is 1. The van der Waals surface area contributed by atoms with E-state index in [1.165, 1.54) is 28.8 Å². The van der Waals surface area contributed by atoms with Crippen LogP contribution in [0.1, 0.15) is 61.9 Å². The largest absolute Gasteiger partial charge is 0.455 e. The van der Waals surface area contributed by atoms with Gasteiger partial charge in [-0.1, -0.05) is 43.2 Å². The van der Waals surface area contributed by atoms with Crippen LogP contribution in [0.5, 0.6) is 11.5 Å². The number of sulfonamides is 1. The molecule has 0 unspecified atom stereocenters. The third kappa shape index (κ3) is 10.0. The molecule has 0 spiro atoms. The molecule has 3 aliphatic rings. The highest BCUT2D eigenvalue weighted by molar-refractivity contribution is 7.90. The van der Waals surface area contributed by atoms with E-state index >= 15 is 0 Å². The highest BCUT2D eigenvalue weighted by Gasteiger charge is 2.61. The molecule has 8 rings (SSSR count). The molecule has 0 bridgehead atoms. The third-order valence-electron chi connectivity index (χ3n) is 16.7. The second-order valence-corrected chi connectivity index (χ2v) is 25.2. The Hall–Kier alpha value is -4.83. The lowest BCUT2D eigenvalue weighted by Gasteiger charge is -2.75. The number of aromatic nitrogens is 2. The van der Waals surface area contributed by atoms with E-state index < -0.39 is 58.1 Å². The van der Waals surface area contributed by atoms with Gasteiger partial charge in [0.15, 0.2) is 0 Å². The number of amides is 1. The van der Waals surface area contributed by atoms with Gasteiger partial charge in [0.1, 0.15) is 101 Å². The summed E-state index contributed by atoms with van der Waals surface area (Å²) < 4.78 is 42.5. The van der Waals surface area contributed by atoms with Crippen LogP contribution in [0.15, 0.2) is 95.7 Å². The molecule has 0 atom stereocenters. The Balaban J connectivity index is 1.15. The van der Waals surface area contributed by atoms with Crippen LogP contribution >= 0.6 is 11.6 Å². The number of aromatic amines is 1. The molecule has 2 aromatic heterocycles. The fraction of sp³-hybridized carbons (Fsp3) is 0.378. The molecule has 360 valence electrons. The molecule has 26 heteroatoms. The Morgan fingerprint density at radius 1 is 0.944 bits per heavy atom. The van der Waals surface area contributed by atoms with Crippen LogP contribution in [0.4, 0.5) is 17.1 Å². The summed E-state index contributed by atoms with van der Waals surface area (Å²) in [6.45, 7) is 6.65. The highest BCUT2D eigenvalue weighted by atomic mass is 35.5. The molecular formula is C45H60B10ClN7O7S. The summed E-state index contributed by atoms with van der Waals surface area (Å²) in [5.41, 5.74) is 5.26. The van der Waals surface area contributed by atoms with Crippen molar-refractivity contribution in [1.82, 2.24) is 19.6 Å². The van der Waals surface area contributed by atoms with Crippen LogP contribution < -0.4 is 19.7 Å². The Labute approximate surface area is 432 Å². The maximum Gasteiger partial charge on any atom is 0.293 e. The third-order valence-corrected chi connectivity index (χ3v) is 18.2. The lowest BCUT2D eigenvalue weighted by molar-refractivity contribution is -0.384. The topological polar surface area (TPSA) is 172 Å². The quantitative estimate of drug-likeness (QED) is 0.0696. The summed E-state index contributed by atoms with van der Waals surface area (Å²) in [6, 6.07) is 20.7. The molecule has 2 fully saturated rings. The molecule has 3 aromatic carbocycles. The van der Waals surface area contributed by atoms with Crippen molar-refractivity contribution < 1.29 is 27.6 Å². The van der Waals surface area contributed by atoms with Crippen molar-refractivity contribution in [3.05, 3.63) is 117 Å². The van der Waals surface area contributed by atoms with Gasteiger partial charge < -0.3 is 29.6 Å². The van der Waals surface area contributed by atoms with Crippen molar-refractivity contribution in [2.24, 2.45) is 11.3 Å². The zero-order valence-corrected chi connectivity index (χ0v) is 44.8. The first-order chi connectivity index (χ1) is 33.1. The summed E-state index contributed by atoms with van der Waals surface area (Å²) in [6.07, 6.45) is 7.90. The normalized spacial score (nSPS) is 20.0. The van der Waals surface area contributed by atoms with Gasteiger partial charge in [-0.3, -0.25) is 14.9 Å². The summed E-state index contributed by atoms with van der Waals surface area (Å²) >= 11 is 6.38. The van der Waals surface area contributed by atoms with Crippen LogP contribution in [0, 0.1) is 21.4 Å². The maximum absolute atomic E-state index is 14.5. The van der Waals surface area contributed by atoms with E-state index in [2.05, 4.69) is 119 Å². The number of carbonyl (C=O) groups excluding carboxylic acids is 1. The predicted molar refractivity (Wildman–Crippen MR) is 312 cm³/mol. The summed E-state index contributed by atoms with van der Waals surface area (Å²) in [4.78, 5) is 38.5. The number of pyridine rings is 1. The predicted octanol–water partition coefficient (Wildman–Crippen LogP) is -1.74. The fourth-order valence-corrected chi connectivity index (χ4v) is 12.5. The SMILES string of the molecule is BC(B)(Nc1ccc(S(=O)(=O)NC(=O)c2ccc(N3C(B)(B)C(B)(B)N(CC4=C(c5ccc(Cl)cc5)CC(C)(C)CC4)C(B)(B)C3(B)B)cc2Oc2cnc3[nH]ccc3c2)cc1[N+](=O)[O-])C1CCOCC1. The van der Waals surface area contributed by atoms with Gasteiger partial charge >= 0.3 is 0 Å². The number of carbonyl (C=O) groups is 1. The minimum atomic E-state index is -4.65. The number of H-pyrrole nitrogens is 1. The lowest BCUT2D eigenvalue weighted by Crippen LogP contribution is -2.92. The van der Waals surface area contributed by atoms with E-state index in [0.717, 1.165) is 55.8 Å². The number of fused-ring (bicyclic) bond motifs is 1. The molecule has 71 heavy (non-hydrogen) atoms. The fourth-order valence-electron chi connectivity index (χ4n) is 11.4. The number of nitrogens with zero attached hydrogens (tertiary/aromatic N) is 4. The van der Waals surface area contributed by atoms with E-state index in [4.69, 9.17) is 21.1 Å². The van der Waals surface area contributed by atoms with E-state index in [0.29, 0.717) is 29.6 Å². The highest BCUT2D eigenvalue weighted by Crippen LogP contribution is 2.49. The number of hydrogen-bond donors (Lipinski definition) is 3. The molecule has 14 nitrogen and oxygen atoms in total. The summed E-state index contributed by atoms with van der Waals surface area (Å²) in [7, 11) is 17.5. The van der Waals surface area contributed by atoms with Crippen LogP contribution in [0.2, 0.25) is 5.02 Å². The van der Waals surface area contributed by atoms with Crippen LogP contribution in [-0.4, -0.2) is 159 Å². The summed E-state index contributed by atoms with van der Waals surface area (Å²) in [5.74, 6) is -0.371. The van der Waals surface area contributed by atoms with Crippen molar-refractivity contribution >= 4 is 140 Å². The Bertz CT molecular complexity index is 3020. The monoisotopic (exact) mass is 987 g/mol. The lowest BCUT2D eigenvalue weighted by atomic mass is 9.26. The van der Waals surface area contributed by atoms with Gasteiger partial charge in [0.2, 0.25) is 0 Å². The van der Waals surface area contributed by atoms with Gasteiger partial charge in [-0.15, -0.1) is 0 Å². The number of piperazine rings is 1. The zero-order chi connectivity index (χ0) is 51.7. The van der Waals surface area contributed by atoms with Crippen molar-refractivity contribution in [1.29, 1.82) is 0 Å². The minimum Gasteiger partial charge on any atom is -0.455 e. The molecule has 2 aliphatic heterocycles. The molecule has 0 radical (unpaired) electrons. The van der Waals surface area contributed by atoms with Gasteiger partial charge in [-0.25, -0.2) is 18.1 Å². The molecule has 0 saturated carbocycles. The molecule has 5 aromatic rings. The van der Waals surface area contributed by atoms with Crippen molar-refractivity contribution in [2.45, 2.75) is 77.5 Å². The number of anilines is 2. The molecule has 2 saturated heterocycles. The van der Waals surface area contributed by atoms with E-state index in [1.54, 1.807) is 30.6 Å². The van der Waals surface area contributed by atoms with Gasteiger partial charge in [-0.05, 0) is 130 Å². The Morgan fingerprint density at radius 2 is 1.61 bits per heavy atom. The second-order valence-electron chi connectivity index (χ2n) is 23.1. The molecular weight excluding hydrogens is 926 g/mol. The number of allylic oxidation sites excluding steroid dienone is 1. The second kappa shape index (κ2) is 18.9. The first-order valence-electron chi connectivity index (χ1n) is 24.6. The van der Waals surface area contributed by atoms with E-state index in [9.17, 15) is 23.3 Å². The number of ether oxygens (including phenoxy) is 2. The number of benzene rings is 3. The smallest absolute Gasteiger partial charge is 0.293 e. The molecule has 4 heterocycles. The zero-order valence-electron chi connectivity index (χ0n) is 43.2. The van der Waals surface area contributed by atoms with Gasteiger partial charge in [0, 0.05) is 54.2 Å². The average Bonchev–Trinajstić information content (AvgIpc) is 3.76. The Kier molecular flexibility index (Phi) is 14.0. The Morgan fingerprint density at radius 3 is 2.25 bits per heavy atom. The van der Waals surface area contributed by atoms with Gasteiger partial charge in [0.25, 0.3) is 21.6 Å². The standard InChI is InChI=1S/C45H60B10ClN7O7S/c1-40(2)15-11-27(34(22-40)25-3-5-29(56)6-4-25)24-61-42(48,49)44(52,53)62(45(54,55)43(61,50)51)30-7-9-33(37(20-30)70-31-19-26-12-16-57-38(26)58-23-31)39(64)60-71(67,68)32-8-10-35(36(21-32)63(65)66)59-41(46,47)28-13-17-69-18-14-28/h3-10,12,16,19-21,23,28,59H,11,13-15,17-18,22,24,46-55H2,1-2H3,(H,57,58)(H,60,64). The number of nitrogens with one attached hydrogen (secondary N) is 3. The van der Waals surface area contributed by atoms with Crippen molar-refractivity contribution in [3.8, 4) is 11.5 Å². The molecule has 1 amide bonds. The number of halogens is 1. The summed E-state index contributed by atoms with van der Waals surface area (Å²) in [5, 5.41) is 14.6. The van der Waals surface area contributed by atoms with Crippen LogP contribution in [0.25, 0.3) is 16.6 Å². The van der Waals surface area contributed by atoms with Crippen molar-refractivity contribution in [2.75, 3.05) is 30.0 Å². The first-order valence-corrected chi connectivity index (χ1v) is 26.4. The minimum absolute atomic E-state index is 0.0628. The van der Waals surface area contributed by atoms with E-state index in [1.807, 2.05) is 40.0 Å². The average molecular weight is 987 g/mol. The van der Waals surface area contributed by atoms with Crippen LogP contribution in [0.3, 0.4) is 0 Å². The van der Waals surface area contributed by atoms with Crippen molar-refractivity contribution in [3.63, 3.8) is 0 Å². The number of hydrogen-bond acceptors (Lipinski definition) is 11. The maximum atomic E-state index is 14.5.